The number of halogens is 1. The molecule has 1 saturated heterocycles. The van der Waals surface area contributed by atoms with Crippen LogP contribution in [0.4, 0.5) is 0 Å². The smallest absolute Gasteiger partial charge is 0.320 e. The van der Waals surface area contributed by atoms with Crippen LogP contribution in [0, 0.1) is 5.92 Å². The highest BCUT2D eigenvalue weighted by Gasteiger charge is 2.17. The maximum Gasteiger partial charge on any atom is 0.320 e. The number of hydrogen-bond donors (Lipinski definition) is 0. The standard InChI is InChI=1S/C15H15ClN2O3/c16-12-2-1-3-13(8-12)18-6-5-17(14(19)15(18)20)9-11-4-7-21-10-11/h1-3,5-6,8,11H,4,7,9-10H2. The van der Waals surface area contributed by atoms with Gasteiger partial charge in [-0.05, 0) is 24.6 Å². The number of rotatable bonds is 3. The van der Waals surface area contributed by atoms with E-state index in [1.54, 1.807) is 36.7 Å². The molecule has 0 spiro atoms. The van der Waals surface area contributed by atoms with Crippen LogP contribution < -0.4 is 11.1 Å². The summed E-state index contributed by atoms with van der Waals surface area (Å²) < 4.78 is 8.07. The highest BCUT2D eigenvalue weighted by molar-refractivity contribution is 6.30. The van der Waals surface area contributed by atoms with Gasteiger partial charge in [0.05, 0.1) is 12.3 Å². The average molecular weight is 307 g/mol. The molecule has 0 bridgehead atoms. The molecule has 0 aliphatic carbocycles. The highest BCUT2D eigenvalue weighted by Crippen LogP contribution is 2.14. The summed E-state index contributed by atoms with van der Waals surface area (Å²) in [5.74, 6) is 0.295. The molecule has 2 aromatic rings. The quantitative estimate of drug-likeness (QED) is 0.811. The molecule has 0 radical (unpaired) electrons. The third kappa shape index (κ3) is 2.94. The van der Waals surface area contributed by atoms with Crippen molar-refractivity contribution < 1.29 is 4.74 Å². The number of hydrogen-bond acceptors (Lipinski definition) is 3. The fourth-order valence-corrected chi connectivity index (χ4v) is 2.67. The molecular weight excluding hydrogens is 292 g/mol. The second-order valence-electron chi connectivity index (χ2n) is 5.14. The Bertz CT molecular complexity index is 760. The van der Waals surface area contributed by atoms with Gasteiger partial charge < -0.3 is 9.30 Å². The minimum atomic E-state index is -0.571. The lowest BCUT2D eigenvalue weighted by Crippen LogP contribution is -2.40. The minimum absolute atomic E-state index is 0.295. The normalized spacial score (nSPS) is 18.0. The van der Waals surface area contributed by atoms with Crippen molar-refractivity contribution in [2.75, 3.05) is 13.2 Å². The Morgan fingerprint density at radius 1 is 1.24 bits per heavy atom. The second-order valence-corrected chi connectivity index (χ2v) is 5.58. The van der Waals surface area contributed by atoms with Gasteiger partial charge in [0.25, 0.3) is 0 Å². The largest absolute Gasteiger partial charge is 0.381 e. The van der Waals surface area contributed by atoms with E-state index in [4.69, 9.17) is 16.3 Å². The molecule has 5 nitrogen and oxygen atoms in total. The first-order chi connectivity index (χ1) is 10.1. The van der Waals surface area contributed by atoms with E-state index < -0.39 is 11.1 Å². The van der Waals surface area contributed by atoms with Crippen LogP contribution in [0.2, 0.25) is 5.02 Å². The first-order valence-electron chi connectivity index (χ1n) is 6.81. The molecule has 0 saturated carbocycles. The molecule has 21 heavy (non-hydrogen) atoms. The van der Waals surface area contributed by atoms with Gasteiger partial charge in [-0.3, -0.25) is 14.2 Å². The van der Waals surface area contributed by atoms with Crippen LogP contribution in [-0.4, -0.2) is 22.3 Å². The third-order valence-corrected chi connectivity index (χ3v) is 3.86. The van der Waals surface area contributed by atoms with Crippen LogP contribution in [0.1, 0.15) is 6.42 Å². The van der Waals surface area contributed by atoms with Gasteiger partial charge in [-0.15, -0.1) is 0 Å². The summed E-state index contributed by atoms with van der Waals surface area (Å²) in [5, 5.41) is 0.520. The molecule has 1 aliphatic heterocycles. The van der Waals surface area contributed by atoms with Crippen LogP contribution in [0.5, 0.6) is 0 Å². The zero-order chi connectivity index (χ0) is 14.8. The molecule has 1 atom stereocenters. The van der Waals surface area contributed by atoms with Crippen LogP contribution in [0.15, 0.2) is 46.2 Å². The molecule has 1 aromatic carbocycles. The minimum Gasteiger partial charge on any atom is -0.381 e. The Kier molecular flexibility index (Phi) is 3.94. The first-order valence-corrected chi connectivity index (χ1v) is 7.19. The first kappa shape index (κ1) is 14.1. The lowest BCUT2D eigenvalue weighted by molar-refractivity contribution is 0.182. The van der Waals surface area contributed by atoms with E-state index in [1.165, 1.54) is 9.13 Å². The van der Waals surface area contributed by atoms with E-state index in [0.29, 0.717) is 29.8 Å². The van der Waals surface area contributed by atoms with Crippen molar-refractivity contribution in [2.24, 2.45) is 5.92 Å². The number of aromatic nitrogens is 2. The molecule has 2 heterocycles. The van der Waals surface area contributed by atoms with E-state index in [1.807, 2.05) is 0 Å². The highest BCUT2D eigenvalue weighted by atomic mass is 35.5. The van der Waals surface area contributed by atoms with Gasteiger partial charge in [-0.1, -0.05) is 17.7 Å². The topological polar surface area (TPSA) is 53.2 Å². The molecule has 1 unspecified atom stereocenters. The molecule has 1 fully saturated rings. The fourth-order valence-electron chi connectivity index (χ4n) is 2.49. The maximum absolute atomic E-state index is 12.2. The van der Waals surface area contributed by atoms with Gasteiger partial charge in [0, 0.05) is 36.5 Å². The van der Waals surface area contributed by atoms with Crippen molar-refractivity contribution in [3.05, 3.63) is 62.4 Å². The molecule has 1 aliphatic rings. The third-order valence-electron chi connectivity index (χ3n) is 3.62. The molecule has 0 amide bonds. The molecule has 1 aromatic heterocycles. The van der Waals surface area contributed by atoms with E-state index in [2.05, 4.69) is 0 Å². The second kappa shape index (κ2) is 5.87. The van der Waals surface area contributed by atoms with Crippen LogP contribution in [0.25, 0.3) is 5.69 Å². The summed E-state index contributed by atoms with van der Waals surface area (Å²) in [4.78, 5) is 24.4. The van der Waals surface area contributed by atoms with Gasteiger partial charge in [0.1, 0.15) is 0 Å². The summed E-state index contributed by atoms with van der Waals surface area (Å²) in [6.07, 6.45) is 4.16. The lowest BCUT2D eigenvalue weighted by atomic mass is 10.1. The van der Waals surface area contributed by atoms with Crippen molar-refractivity contribution in [1.82, 2.24) is 9.13 Å². The van der Waals surface area contributed by atoms with Gasteiger partial charge in [0.15, 0.2) is 0 Å². The summed E-state index contributed by atoms with van der Waals surface area (Å²) in [7, 11) is 0. The van der Waals surface area contributed by atoms with E-state index in [-0.39, 0.29) is 0 Å². The predicted molar refractivity (Wildman–Crippen MR) is 80.2 cm³/mol. The van der Waals surface area contributed by atoms with Crippen LogP contribution in [0.3, 0.4) is 0 Å². The monoisotopic (exact) mass is 306 g/mol. The van der Waals surface area contributed by atoms with Gasteiger partial charge in [-0.2, -0.15) is 0 Å². The van der Waals surface area contributed by atoms with Crippen molar-refractivity contribution >= 4 is 11.6 Å². The number of ether oxygens (including phenoxy) is 1. The van der Waals surface area contributed by atoms with Gasteiger partial charge in [0.2, 0.25) is 0 Å². The zero-order valence-electron chi connectivity index (χ0n) is 11.4. The van der Waals surface area contributed by atoms with Crippen molar-refractivity contribution in [2.45, 2.75) is 13.0 Å². The SMILES string of the molecule is O=c1c(=O)n(-c2cccc(Cl)c2)ccn1CC1CCOC1. The van der Waals surface area contributed by atoms with Crippen molar-refractivity contribution in [3.63, 3.8) is 0 Å². The Labute approximate surface area is 126 Å². The maximum atomic E-state index is 12.2. The Morgan fingerprint density at radius 3 is 2.81 bits per heavy atom. The van der Waals surface area contributed by atoms with E-state index in [9.17, 15) is 9.59 Å². The summed E-state index contributed by atoms with van der Waals surface area (Å²) in [6, 6.07) is 6.85. The van der Waals surface area contributed by atoms with Gasteiger partial charge in [-0.25, -0.2) is 0 Å². The molecule has 6 heteroatoms. The summed E-state index contributed by atoms with van der Waals surface area (Å²) in [5.41, 5.74) is -0.510. The molecular formula is C15H15ClN2O3. The molecule has 0 N–H and O–H groups in total. The predicted octanol–water partition coefficient (Wildman–Crippen LogP) is 1.69. The lowest BCUT2D eigenvalue weighted by Gasteiger charge is -2.12. The summed E-state index contributed by atoms with van der Waals surface area (Å²) in [6.45, 7) is 1.88. The summed E-state index contributed by atoms with van der Waals surface area (Å²) >= 11 is 5.92. The van der Waals surface area contributed by atoms with Crippen LogP contribution >= 0.6 is 11.6 Å². The average Bonchev–Trinajstić information content (AvgIpc) is 2.97. The van der Waals surface area contributed by atoms with Gasteiger partial charge >= 0.3 is 11.1 Å². The Balaban J connectivity index is 1.96. The van der Waals surface area contributed by atoms with Crippen molar-refractivity contribution in [1.29, 1.82) is 0 Å². The van der Waals surface area contributed by atoms with Crippen LogP contribution in [-0.2, 0) is 11.3 Å². The zero-order valence-corrected chi connectivity index (χ0v) is 12.1. The van der Waals surface area contributed by atoms with E-state index >= 15 is 0 Å². The Morgan fingerprint density at radius 2 is 2.10 bits per heavy atom. The number of benzene rings is 1. The fraction of sp³-hybridized carbons (Fsp3) is 0.333. The molecule has 110 valence electrons. The van der Waals surface area contributed by atoms with E-state index in [0.717, 1.165) is 13.0 Å². The Hall–Kier alpha value is -1.85. The van der Waals surface area contributed by atoms with Crippen molar-refractivity contribution in [3.8, 4) is 5.69 Å². The number of nitrogens with zero attached hydrogens (tertiary/aromatic N) is 2. The molecule has 3 rings (SSSR count).